The van der Waals surface area contributed by atoms with Crippen molar-refractivity contribution in [1.29, 1.82) is 0 Å². The number of thioether (sulfide) groups is 1. The highest BCUT2D eigenvalue weighted by molar-refractivity contribution is 8.01. The Labute approximate surface area is 110 Å². The highest BCUT2D eigenvalue weighted by Gasteiger charge is 2.31. The number of aromatic nitrogens is 2. The lowest BCUT2D eigenvalue weighted by Gasteiger charge is -2.23. The molecular formula is C12H18N2O3S. The molecule has 1 heterocycles. The summed E-state index contributed by atoms with van der Waals surface area (Å²) in [7, 11) is 0. The molecule has 0 bridgehead atoms. The van der Waals surface area contributed by atoms with Crippen molar-refractivity contribution in [3.8, 4) is 0 Å². The fraction of sp³-hybridized carbons (Fsp3) is 0.583. The van der Waals surface area contributed by atoms with Gasteiger partial charge in [0.2, 0.25) is 0 Å². The topological polar surface area (TPSA) is 72.2 Å². The molecule has 0 aliphatic carbocycles. The molecule has 0 fully saturated rings. The summed E-state index contributed by atoms with van der Waals surface area (Å²) >= 11 is 0.967. The second kappa shape index (κ2) is 4.76. The molecule has 0 unspecified atom stereocenters. The lowest BCUT2D eigenvalue weighted by Crippen LogP contribution is -2.36. The Bertz CT molecular complexity index is 515. The zero-order chi connectivity index (χ0) is 14.1. The summed E-state index contributed by atoms with van der Waals surface area (Å²) in [5.74, 6) is -0.972. The van der Waals surface area contributed by atoms with Gasteiger partial charge in [0.25, 0.3) is 5.56 Å². The maximum Gasteiger partial charge on any atom is 0.319 e. The van der Waals surface area contributed by atoms with Crippen LogP contribution in [0.2, 0.25) is 0 Å². The Morgan fingerprint density at radius 1 is 1.33 bits per heavy atom. The lowest BCUT2D eigenvalue weighted by atomic mass is 10.1. The van der Waals surface area contributed by atoms with Crippen LogP contribution in [0, 0.1) is 0 Å². The van der Waals surface area contributed by atoms with Gasteiger partial charge in [-0.2, -0.15) is 0 Å². The van der Waals surface area contributed by atoms with E-state index in [4.69, 9.17) is 5.11 Å². The minimum absolute atomic E-state index is 0.208. The van der Waals surface area contributed by atoms with Gasteiger partial charge in [-0.25, -0.2) is 4.98 Å². The molecule has 0 aromatic carbocycles. The van der Waals surface area contributed by atoms with E-state index >= 15 is 0 Å². The Morgan fingerprint density at radius 2 is 1.89 bits per heavy atom. The SMILES string of the molecule is CC(C)(Sc1nccn(C(C)(C)C)c1=O)C(=O)O. The summed E-state index contributed by atoms with van der Waals surface area (Å²) in [6.07, 6.45) is 3.13. The molecule has 0 saturated heterocycles. The highest BCUT2D eigenvalue weighted by Crippen LogP contribution is 2.29. The summed E-state index contributed by atoms with van der Waals surface area (Å²) in [5, 5.41) is 9.27. The van der Waals surface area contributed by atoms with Gasteiger partial charge in [0.05, 0.1) is 0 Å². The average Bonchev–Trinajstić information content (AvgIpc) is 2.18. The van der Waals surface area contributed by atoms with Gasteiger partial charge in [0, 0.05) is 17.9 Å². The Morgan fingerprint density at radius 3 is 2.33 bits per heavy atom. The zero-order valence-electron chi connectivity index (χ0n) is 11.2. The van der Waals surface area contributed by atoms with Crippen LogP contribution in [0.15, 0.2) is 22.2 Å². The van der Waals surface area contributed by atoms with Crippen molar-refractivity contribution in [3.63, 3.8) is 0 Å². The van der Waals surface area contributed by atoms with Crippen LogP contribution < -0.4 is 5.56 Å². The lowest BCUT2D eigenvalue weighted by molar-refractivity contribution is -0.138. The fourth-order valence-corrected chi connectivity index (χ4v) is 2.15. The number of carbonyl (C=O) groups is 1. The molecule has 0 aliphatic rings. The predicted octanol–water partition coefficient (Wildman–Crippen LogP) is 1.95. The first-order valence-corrected chi connectivity index (χ1v) is 6.38. The van der Waals surface area contributed by atoms with E-state index in [0.717, 1.165) is 11.8 Å². The second-order valence-corrected chi connectivity index (χ2v) is 7.11. The van der Waals surface area contributed by atoms with Crippen molar-refractivity contribution in [2.45, 2.75) is 49.9 Å². The quantitative estimate of drug-likeness (QED) is 0.850. The van der Waals surface area contributed by atoms with E-state index < -0.39 is 10.7 Å². The molecule has 0 atom stereocenters. The number of rotatable bonds is 3. The van der Waals surface area contributed by atoms with Crippen molar-refractivity contribution < 1.29 is 9.90 Å². The van der Waals surface area contributed by atoms with E-state index in [9.17, 15) is 9.59 Å². The Balaban J connectivity index is 3.22. The van der Waals surface area contributed by atoms with Gasteiger partial charge in [0.15, 0.2) is 5.03 Å². The first-order chi connectivity index (χ1) is 8.05. The zero-order valence-corrected chi connectivity index (χ0v) is 12.0. The van der Waals surface area contributed by atoms with Gasteiger partial charge in [-0.1, -0.05) is 11.8 Å². The van der Waals surface area contributed by atoms with Crippen molar-refractivity contribution >= 4 is 17.7 Å². The number of aliphatic carboxylic acids is 1. The standard InChI is InChI=1S/C12H18N2O3S/c1-11(2,3)14-7-6-13-8(9(14)15)18-12(4,5)10(16)17/h6-7H,1-5H3,(H,16,17). The van der Waals surface area contributed by atoms with Gasteiger partial charge < -0.3 is 9.67 Å². The Kier molecular flexibility index (Phi) is 3.90. The van der Waals surface area contributed by atoms with Crippen molar-refractivity contribution in [2.24, 2.45) is 0 Å². The van der Waals surface area contributed by atoms with Gasteiger partial charge >= 0.3 is 5.97 Å². The number of carboxylic acid groups (broad SMARTS) is 1. The molecule has 18 heavy (non-hydrogen) atoms. The molecule has 1 aromatic rings. The molecule has 0 aliphatic heterocycles. The van der Waals surface area contributed by atoms with Crippen molar-refractivity contribution in [2.75, 3.05) is 0 Å². The predicted molar refractivity (Wildman–Crippen MR) is 71.1 cm³/mol. The number of carboxylic acids is 1. The number of hydrogen-bond acceptors (Lipinski definition) is 4. The van der Waals surface area contributed by atoms with Gasteiger partial charge in [-0.15, -0.1) is 0 Å². The molecule has 0 amide bonds. The van der Waals surface area contributed by atoms with Crippen LogP contribution >= 0.6 is 11.8 Å². The van der Waals surface area contributed by atoms with Crippen LogP contribution in [0.25, 0.3) is 0 Å². The third-order valence-electron chi connectivity index (χ3n) is 2.40. The molecule has 1 rings (SSSR count). The van der Waals surface area contributed by atoms with Gasteiger partial charge in [-0.05, 0) is 34.6 Å². The summed E-state index contributed by atoms with van der Waals surface area (Å²) in [5.41, 5.74) is -0.618. The van der Waals surface area contributed by atoms with E-state index in [1.807, 2.05) is 20.8 Å². The highest BCUT2D eigenvalue weighted by atomic mass is 32.2. The minimum Gasteiger partial charge on any atom is -0.480 e. The molecule has 1 aromatic heterocycles. The molecule has 6 heteroatoms. The number of nitrogens with zero attached hydrogens (tertiary/aromatic N) is 2. The van der Waals surface area contributed by atoms with Crippen LogP contribution in [0.4, 0.5) is 0 Å². The first kappa shape index (κ1) is 14.8. The summed E-state index contributed by atoms with van der Waals surface area (Å²) in [4.78, 5) is 27.3. The number of hydrogen-bond donors (Lipinski definition) is 1. The maximum atomic E-state index is 12.2. The maximum absolute atomic E-state index is 12.2. The van der Waals surface area contributed by atoms with Crippen LogP contribution in [-0.4, -0.2) is 25.4 Å². The molecule has 1 N–H and O–H groups in total. The van der Waals surface area contributed by atoms with E-state index in [1.165, 1.54) is 6.20 Å². The third-order valence-corrected chi connectivity index (χ3v) is 3.56. The smallest absolute Gasteiger partial charge is 0.319 e. The third kappa shape index (κ3) is 3.13. The fourth-order valence-electron chi connectivity index (χ4n) is 1.28. The minimum atomic E-state index is -1.08. The molecular weight excluding hydrogens is 252 g/mol. The molecule has 100 valence electrons. The molecule has 5 nitrogen and oxygen atoms in total. The van der Waals surface area contributed by atoms with Crippen molar-refractivity contribution in [3.05, 3.63) is 22.7 Å². The summed E-state index contributed by atoms with van der Waals surface area (Å²) < 4.78 is 0.476. The normalized spacial score (nSPS) is 12.5. The van der Waals surface area contributed by atoms with E-state index in [1.54, 1.807) is 24.6 Å². The van der Waals surface area contributed by atoms with Crippen molar-refractivity contribution in [1.82, 2.24) is 9.55 Å². The second-order valence-electron chi connectivity index (χ2n) is 5.50. The molecule has 0 spiro atoms. The van der Waals surface area contributed by atoms with E-state index in [2.05, 4.69) is 4.98 Å². The Hall–Kier alpha value is -1.30. The summed E-state index contributed by atoms with van der Waals surface area (Å²) in [6, 6.07) is 0. The van der Waals surface area contributed by atoms with Crippen LogP contribution in [-0.2, 0) is 10.3 Å². The van der Waals surface area contributed by atoms with E-state index in [-0.39, 0.29) is 16.1 Å². The first-order valence-electron chi connectivity index (χ1n) is 5.56. The van der Waals surface area contributed by atoms with Gasteiger partial charge in [0.1, 0.15) is 4.75 Å². The molecule has 0 radical (unpaired) electrons. The van der Waals surface area contributed by atoms with E-state index in [0.29, 0.717) is 0 Å². The average molecular weight is 270 g/mol. The van der Waals surface area contributed by atoms with Crippen LogP contribution in [0.1, 0.15) is 34.6 Å². The largest absolute Gasteiger partial charge is 0.480 e. The van der Waals surface area contributed by atoms with Gasteiger partial charge in [-0.3, -0.25) is 9.59 Å². The summed E-state index contributed by atoms with van der Waals surface area (Å²) in [6.45, 7) is 8.83. The van der Waals surface area contributed by atoms with Crippen LogP contribution in [0.5, 0.6) is 0 Å². The molecule has 0 saturated carbocycles. The monoisotopic (exact) mass is 270 g/mol. The van der Waals surface area contributed by atoms with Crippen LogP contribution in [0.3, 0.4) is 0 Å².